The molecule has 2 fully saturated rings. The molecule has 2 rings (SSSR count). The van der Waals surface area contributed by atoms with E-state index >= 15 is 0 Å². The first-order chi connectivity index (χ1) is 5.05. The Morgan fingerprint density at radius 3 is 2.55 bits per heavy atom. The standard InChI is InChI=1S/C8H12Br2O/c1-4-2-3-5-6(7(4)11)8(5,9)10/h4-7,11H,2-3H2,1H3. The van der Waals surface area contributed by atoms with E-state index in [0.29, 0.717) is 17.8 Å². The zero-order valence-electron chi connectivity index (χ0n) is 6.43. The van der Waals surface area contributed by atoms with Gasteiger partial charge in [-0.2, -0.15) is 0 Å². The molecule has 2 saturated carbocycles. The Bertz CT molecular complexity index is 181. The van der Waals surface area contributed by atoms with Gasteiger partial charge in [-0.15, -0.1) is 0 Å². The second-order valence-corrected chi connectivity index (χ2v) is 7.54. The van der Waals surface area contributed by atoms with Crippen LogP contribution in [-0.2, 0) is 0 Å². The first-order valence-corrected chi connectivity index (χ1v) is 5.69. The first-order valence-electron chi connectivity index (χ1n) is 4.11. The van der Waals surface area contributed by atoms with Crippen molar-refractivity contribution >= 4 is 31.9 Å². The largest absolute Gasteiger partial charge is 0.392 e. The molecule has 0 bridgehead atoms. The number of aliphatic hydroxyl groups excluding tert-OH is 1. The van der Waals surface area contributed by atoms with Crippen molar-refractivity contribution in [2.24, 2.45) is 17.8 Å². The van der Waals surface area contributed by atoms with Crippen LogP contribution in [0, 0.1) is 17.8 Å². The predicted molar refractivity (Wildman–Crippen MR) is 52.0 cm³/mol. The normalized spacial score (nSPS) is 53.5. The van der Waals surface area contributed by atoms with Crippen LogP contribution < -0.4 is 0 Å². The smallest absolute Gasteiger partial charge is 0.0894 e. The van der Waals surface area contributed by atoms with Crippen molar-refractivity contribution in [3.05, 3.63) is 0 Å². The maximum atomic E-state index is 9.76. The van der Waals surface area contributed by atoms with Crippen LogP contribution in [0.3, 0.4) is 0 Å². The van der Waals surface area contributed by atoms with Gasteiger partial charge in [0.2, 0.25) is 0 Å². The quantitative estimate of drug-likeness (QED) is 0.678. The highest BCUT2D eigenvalue weighted by Gasteiger charge is 2.66. The van der Waals surface area contributed by atoms with E-state index in [4.69, 9.17) is 0 Å². The Morgan fingerprint density at radius 1 is 1.36 bits per heavy atom. The van der Waals surface area contributed by atoms with Crippen LogP contribution >= 0.6 is 31.9 Å². The highest BCUT2D eigenvalue weighted by atomic mass is 79.9. The molecule has 0 spiro atoms. The average molecular weight is 284 g/mol. The number of hydrogen-bond donors (Lipinski definition) is 1. The molecule has 0 aromatic heterocycles. The summed E-state index contributed by atoms with van der Waals surface area (Å²) in [5.74, 6) is 1.59. The third kappa shape index (κ3) is 1.11. The number of aliphatic hydroxyl groups is 1. The molecular weight excluding hydrogens is 272 g/mol. The fourth-order valence-corrected chi connectivity index (χ4v) is 4.16. The summed E-state index contributed by atoms with van der Waals surface area (Å²) in [5, 5.41) is 9.76. The van der Waals surface area contributed by atoms with Crippen molar-refractivity contribution in [2.75, 3.05) is 0 Å². The van der Waals surface area contributed by atoms with Crippen LogP contribution in [0.25, 0.3) is 0 Å². The lowest BCUT2D eigenvalue weighted by Crippen LogP contribution is -2.25. The molecule has 1 N–H and O–H groups in total. The van der Waals surface area contributed by atoms with Crippen molar-refractivity contribution in [3.8, 4) is 0 Å². The molecular formula is C8H12Br2O. The van der Waals surface area contributed by atoms with E-state index < -0.39 is 0 Å². The molecule has 4 unspecified atom stereocenters. The molecule has 0 amide bonds. The summed E-state index contributed by atoms with van der Waals surface area (Å²) in [5.41, 5.74) is 0. The van der Waals surface area contributed by atoms with Crippen LogP contribution in [0.1, 0.15) is 19.8 Å². The van der Waals surface area contributed by atoms with Gasteiger partial charge in [0.05, 0.1) is 9.34 Å². The highest BCUT2D eigenvalue weighted by Crippen LogP contribution is 2.68. The minimum absolute atomic E-state index is 0.0736. The van der Waals surface area contributed by atoms with Crippen LogP contribution in [0.2, 0.25) is 0 Å². The Balaban J connectivity index is 2.12. The number of alkyl halides is 2. The zero-order valence-corrected chi connectivity index (χ0v) is 9.60. The maximum absolute atomic E-state index is 9.76. The summed E-state index contributed by atoms with van der Waals surface area (Å²) in [6.07, 6.45) is 2.31. The fraction of sp³-hybridized carbons (Fsp3) is 1.00. The molecule has 1 nitrogen and oxygen atoms in total. The highest BCUT2D eigenvalue weighted by molar-refractivity contribution is 9.25. The van der Waals surface area contributed by atoms with Crippen LogP contribution in [-0.4, -0.2) is 14.4 Å². The van der Waals surface area contributed by atoms with E-state index in [-0.39, 0.29) is 9.34 Å². The summed E-state index contributed by atoms with van der Waals surface area (Å²) in [6.45, 7) is 2.13. The number of fused-ring (bicyclic) bond motifs is 1. The SMILES string of the molecule is CC1CCC2C(C1O)C2(Br)Br. The summed E-state index contributed by atoms with van der Waals surface area (Å²) in [4.78, 5) is 0. The third-order valence-electron chi connectivity index (χ3n) is 3.15. The minimum Gasteiger partial charge on any atom is -0.392 e. The van der Waals surface area contributed by atoms with Gasteiger partial charge < -0.3 is 5.11 Å². The van der Waals surface area contributed by atoms with Gasteiger partial charge in [0.25, 0.3) is 0 Å². The molecule has 64 valence electrons. The van der Waals surface area contributed by atoms with Crippen molar-refractivity contribution in [1.82, 2.24) is 0 Å². The van der Waals surface area contributed by atoms with Gasteiger partial charge in [-0.25, -0.2) is 0 Å². The fourth-order valence-electron chi connectivity index (χ4n) is 2.22. The minimum atomic E-state index is -0.104. The Kier molecular flexibility index (Phi) is 1.90. The third-order valence-corrected chi connectivity index (χ3v) is 5.38. The lowest BCUT2D eigenvalue weighted by molar-refractivity contribution is 0.0663. The monoisotopic (exact) mass is 282 g/mol. The van der Waals surface area contributed by atoms with Gasteiger partial charge in [0.1, 0.15) is 0 Å². The molecule has 0 aromatic carbocycles. The number of hydrogen-bond acceptors (Lipinski definition) is 1. The molecule has 0 aliphatic heterocycles. The van der Waals surface area contributed by atoms with Crippen molar-refractivity contribution in [2.45, 2.75) is 29.1 Å². The number of rotatable bonds is 0. The predicted octanol–water partition coefficient (Wildman–Crippen LogP) is 2.51. The first kappa shape index (κ1) is 8.52. The summed E-state index contributed by atoms with van der Waals surface area (Å²) >= 11 is 7.21. The molecule has 0 radical (unpaired) electrons. The van der Waals surface area contributed by atoms with Crippen LogP contribution in [0.4, 0.5) is 0 Å². The summed E-state index contributed by atoms with van der Waals surface area (Å²) < 4.78 is 0.0736. The Labute approximate surface area is 83.8 Å². The van der Waals surface area contributed by atoms with E-state index in [0.717, 1.165) is 0 Å². The van der Waals surface area contributed by atoms with Gasteiger partial charge in [-0.1, -0.05) is 38.8 Å². The van der Waals surface area contributed by atoms with Gasteiger partial charge in [0, 0.05) is 5.92 Å². The van der Waals surface area contributed by atoms with Crippen molar-refractivity contribution < 1.29 is 5.11 Å². The van der Waals surface area contributed by atoms with E-state index in [2.05, 4.69) is 38.8 Å². The summed E-state index contributed by atoms with van der Waals surface area (Å²) in [7, 11) is 0. The zero-order chi connectivity index (χ0) is 8.22. The van der Waals surface area contributed by atoms with Crippen molar-refractivity contribution in [3.63, 3.8) is 0 Å². The topological polar surface area (TPSA) is 20.2 Å². The molecule has 2 aliphatic carbocycles. The molecule has 0 aromatic rings. The van der Waals surface area contributed by atoms with Gasteiger partial charge in [0.15, 0.2) is 0 Å². The molecule has 4 atom stereocenters. The molecule has 11 heavy (non-hydrogen) atoms. The summed E-state index contributed by atoms with van der Waals surface area (Å²) in [6, 6.07) is 0. The average Bonchev–Trinajstić information content (AvgIpc) is 2.46. The second-order valence-electron chi connectivity index (χ2n) is 3.85. The molecule has 2 aliphatic rings. The molecule has 0 saturated heterocycles. The van der Waals surface area contributed by atoms with Gasteiger partial charge in [-0.05, 0) is 24.7 Å². The molecule has 3 heteroatoms. The maximum Gasteiger partial charge on any atom is 0.0894 e. The van der Waals surface area contributed by atoms with E-state index in [1.807, 2.05) is 0 Å². The van der Waals surface area contributed by atoms with Crippen molar-refractivity contribution in [1.29, 1.82) is 0 Å². The molecule has 0 heterocycles. The van der Waals surface area contributed by atoms with Crippen LogP contribution in [0.15, 0.2) is 0 Å². The van der Waals surface area contributed by atoms with E-state index in [9.17, 15) is 5.11 Å². The lowest BCUT2D eigenvalue weighted by atomic mass is 9.88. The van der Waals surface area contributed by atoms with Gasteiger partial charge >= 0.3 is 0 Å². The Hall–Kier alpha value is 0.920. The van der Waals surface area contributed by atoms with E-state index in [1.165, 1.54) is 12.8 Å². The second kappa shape index (κ2) is 2.46. The van der Waals surface area contributed by atoms with E-state index in [1.54, 1.807) is 0 Å². The van der Waals surface area contributed by atoms with Crippen LogP contribution in [0.5, 0.6) is 0 Å². The Morgan fingerprint density at radius 2 is 2.00 bits per heavy atom. The van der Waals surface area contributed by atoms with Gasteiger partial charge in [-0.3, -0.25) is 0 Å². The lowest BCUT2D eigenvalue weighted by Gasteiger charge is -2.22. The number of halogens is 2.